The van der Waals surface area contributed by atoms with Gasteiger partial charge in [0.15, 0.2) is 0 Å². The Morgan fingerprint density at radius 2 is 2.05 bits per heavy atom. The van der Waals surface area contributed by atoms with Crippen molar-refractivity contribution >= 4 is 5.91 Å². The molecule has 1 aliphatic heterocycles. The van der Waals surface area contributed by atoms with Gasteiger partial charge in [-0.15, -0.1) is 0 Å². The van der Waals surface area contributed by atoms with Gasteiger partial charge in [-0.3, -0.25) is 4.79 Å². The summed E-state index contributed by atoms with van der Waals surface area (Å²) in [5.74, 6) is -0.312. The molecule has 0 saturated carbocycles. The second-order valence-electron chi connectivity index (χ2n) is 5.41. The third kappa shape index (κ3) is 5.44. The van der Waals surface area contributed by atoms with Crippen molar-refractivity contribution in [3.63, 3.8) is 0 Å². The smallest absolute Gasteiger partial charge is 0.222 e. The zero-order valence-corrected chi connectivity index (χ0v) is 12.4. The molecule has 0 aromatic heterocycles. The van der Waals surface area contributed by atoms with Crippen molar-refractivity contribution in [2.45, 2.75) is 38.3 Å². The minimum atomic E-state index is -0.271. The molecule has 1 aromatic rings. The predicted octanol–water partition coefficient (Wildman–Crippen LogP) is 2.16. The molecule has 0 bridgehead atoms. The van der Waals surface area contributed by atoms with Crippen LogP contribution in [0.4, 0.5) is 4.39 Å². The van der Waals surface area contributed by atoms with Gasteiger partial charge in [0, 0.05) is 6.42 Å². The average Bonchev–Trinajstić information content (AvgIpc) is 2.49. The van der Waals surface area contributed by atoms with Crippen molar-refractivity contribution in [1.82, 2.24) is 10.6 Å². The quantitative estimate of drug-likeness (QED) is 0.845. The highest BCUT2D eigenvalue weighted by molar-refractivity contribution is 5.76. The molecule has 4 nitrogen and oxygen atoms in total. The van der Waals surface area contributed by atoms with Gasteiger partial charge in [-0.05, 0) is 50.6 Å². The Bertz CT molecular complexity index is 444. The summed E-state index contributed by atoms with van der Waals surface area (Å²) in [6.45, 7) is 4.31. The van der Waals surface area contributed by atoms with Crippen molar-refractivity contribution in [2.75, 3.05) is 19.7 Å². The Balaban J connectivity index is 1.67. The first-order chi connectivity index (χ1) is 10.1. The molecule has 21 heavy (non-hydrogen) atoms. The molecule has 1 atom stereocenters. The monoisotopic (exact) mass is 294 g/mol. The van der Waals surface area contributed by atoms with E-state index in [2.05, 4.69) is 10.6 Å². The molecular formula is C16H23FN2O2. The lowest BCUT2D eigenvalue weighted by Gasteiger charge is -2.23. The van der Waals surface area contributed by atoms with Crippen LogP contribution in [0.25, 0.3) is 0 Å². The summed E-state index contributed by atoms with van der Waals surface area (Å²) in [5, 5.41) is 6.18. The lowest BCUT2D eigenvalue weighted by Crippen LogP contribution is -2.33. The summed E-state index contributed by atoms with van der Waals surface area (Å²) in [6.07, 6.45) is 2.64. The molecule has 1 aliphatic rings. The zero-order chi connectivity index (χ0) is 15.1. The number of rotatable bonds is 6. The van der Waals surface area contributed by atoms with Crippen LogP contribution in [-0.2, 0) is 9.53 Å². The summed E-state index contributed by atoms with van der Waals surface area (Å²) in [6, 6.07) is 6.05. The Morgan fingerprint density at radius 3 is 2.71 bits per heavy atom. The molecule has 1 heterocycles. The van der Waals surface area contributed by atoms with Crippen LogP contribution in [0.5, 0.6) is 0 Å². The van der Waals surface area contributed by atoms with Crippen molar-refractivity contribution < 1.29 is 13.9 Å². The molecule has 1 amide bonds. The zero-order valence-electron chi connectivity index (χ0n) is 12.4. The van der Waals surface area contributed by atoms with E-state index in [1.165, 1.54) is 12.1 Å². The van der Waals surface area contributed by atoms with Gasteiger partial charge in [0.2, 0.25) is 5.91 Å². The number of hydrogen-bond donors (Lipinski definition) is 2. The Hall–Kier alpha value is -1.46. The lowest BCUT2D eigenvalue weighted by molar-refractivity contribution is -0.123. The van der Waals surface area contributed by atoms with E-state index in [0.717, 1.165) is 31.5 Å². The number of hydrogen-bond acceptors (Lipinski definition) is 3. The van der Waals surface area contributed by atoms with E-state index in [1.807, 2.05) is 6.92 Å². The molecule has 0 radical (unpaired) electrons. The van der Waals surface area contributed by atoms with Crippen LogP contribution in [0, 0.1) is 5.82 Å². The van der Waals surface area contributed by atoms with Crippen LogP contribution >= 0.6 is 0 Å². The van der Waals surface area contributed by atoms with Crippen LogP contribution in [0.2, 0.25) is 0 Å². The van der Waals surface area contributed by atoms with Crippen molar-refractivity contribution in [1.29, 1.82) is 0 Å². The highest BCUT2D eigenvalue weighted by atomic mass is 19.1. The first-order valence-corrected chi connectivity index (χ1v) is 7.52. The van der Waals surface area contributed by atoms with Crippen LogP contribution in [0.3, 0.4) is 0 Å². The van der Waals surface area contributed by atoms with Crippen molar-refractivity contribution in [3.8, 4) is 0 Å². The fourth-order valence-corrected chi connectivity index (χ4v) is 2.43. The van der Waals surface area contributed by atoms with Gasteiger partial charge < -0.3 is 15.4 Å². The number of benzene rings is 1. The molecule has 1 fully saturated rings. The normalized spacial score (nSPS) is 17.4. The summed E-state index contributed by atoms with van der Waals surface area (Å²) in [7, 11) is 0. The van der Waals surface area contributed by atoms with Crippen molar-refractivity contribution in [2.24, 2.45) is 0 Å². The second kappa shape index (κ2) is 8.10. The number of carbonyl (C=O) groups excluding carboxylic acids is 1. The molecule has 0 aliphatic carbocycles. The van der Waals surface area contributed by atoms with Gasteiger partial charge in [0.25, 0.3) is 0 Å². The average molecular weight is 294 g/mol. The maximum atomic E-state index is 12.8. The molecule has 2 rings (SSSR count). The minimum Gasteiger partial charge on any atom is -0.378 e. The number of nitrogens with one attached hydrogen (secondary N) is 2. The lowest BCUT2D eigenvalue weighted by atomic mass is 10.1. The van der Waals surface area contributed by atoms with E-state index in [4.69, 9.17) is 4.74 Å². The fraction of sp³-hybridized carbons (Fsp3) is 0.562. The Labute approximate surface area is 125 Å². The number of piperidine rings is 1. The molecule has 2 N–H and O–H groups in total. The highest BCUT2D eigenvalue weighted by Crippen LogP contribution is 2.13. The largest absolute Gasteiger partial charge is 0.378 e. The first-order valence-electron chi connectivity index (χ1n) is 7.52. The minimum absolute atomic E-state index is 0.0410. The molecule has 116 valence electrons. The van der Waals surface area contributed by atoms with Gasteiger partial charge in [-0.1, -0.05) is 12.1 Å². The topological polar surface area (TPSA) is 50.4 Å². The van der Waals surface area contributed by atoms with Gasteiger partial charge >= 0.3 is 0 Å². The van der Waals surface area contributed by atoms with E-state index < -0.39 is 0 Å². The number of carbonyl (C=O) groups is 1. The van der Waals surface area contributed by atoms with Crippen LogP contribution in [0.1, 0.15) is 37.8 Å². The maximum Gasteiger partial charge on any atom is 0.222 e. The Morgan fingerprint density at radius 1 is 1.38 bits per heavy atom. The van der Waals surface area contributed by atoms with Crippen LogP contribution < -0.4 is 10.6 Å². The van der Waals surface area contributed by atoms with E-state index in [1.54, 1.807) is 12.1 Å². The van der Waals surface area contributed by atoms with Gasteiger partial charge in [0.1, 0.15) is 5.82 Å². The number of halogens is 1. The van der Waals surface area contributed by atoms with E-state index in [-0.39, 0.29) is 23.9 Å². The SMILES string of the molecule is CC(NC(=O)CCOC1CCNCC1)c1ccc(F)cc1. The summed E-state index contributed by atoms with van der Waals surface area (Å²) < 4.78 is 18.6. The van der Waals surface area contributed by atoms with Crippen LogP contribution in [-0.4, -0.2) is 31.7 Å². The number of ether oxygens (including phenoxy) is 1. The third-order valence-corrected chi connectivity index (χ3v) is 3.72. The fourth-order valence-electron chi connectivity index (χ4n) is 2.43. The maximum absolute atomic E-state index is 12.8. The third-order valence-electron chi connectivity index (χ3n) is 3.72. The molecule has 0 spiro atoms. The highest BCUT2D eigenvalue weighted by Gasteiger charge is 2.14. The second-order valence-corrected chi connectivity index (χ2v) is 5.41. The molecule has 1 unspecified atom stereocenters. The van der Waals surface area contributed by atoms with Crippen molar-refractivity contribution in [3.05, 3.63) is 35.6 Å². The van der Waals surface area contributed by atoms with Gasteiger partial charge in [0.05, 0.1) is 18.8 Å². The number of amides is 1. The van der Waals surface area contributed by atoms with E-state index in [0.29, 0.717) is 13.0 Å². The Kier molecular flexibility index (Phi) is 6.14. The predicted molar refractivity (Wildman–Crippen MR) is 79.4 cm³/mol. The van der Waals surface area contributed by atoms with E-state index in [9.17, 15) is 9.18 Å². The summed E-state index contributed by atoms with van der Waals surface area (Å²) in [4.78, 5) is 11.9. The molecule has 1 aromatic carbocycles. The summed E-state index contributed by atoms with van der Waals surface area (Å²) >= 11 is 0. The van der Waals surface area contributed by atoms with Gasteiger partial charge in [-0.2, -0.15) is 0 Å². The molecule has 5 heteroatoms. The molecular weight excluding hydrogens is 271 g/mol. The van der Waals surface area contributed by atoms with E-state index >= 15 is 0 Å². The van der Waals surface area contributed by atoms with Gasteiger partial charge in [-0.25, -0.2) is 4.39 Å². The first kappa shape index (κ1) is 15.9. The molecule has 1 saturated heterocycles. The standard InChI is InChI=1S/C16H23FN2O2/c1-12(13-2-4-14(17)5-3-13)19-16(20)8-11-21-15-6-9-18-10-7-15/h2-5,12,15,18H,6-11H2,1H3,(H,19,20). The summed E-state index contributed by atoms with van der Waals surface area (Å²) in [5.41, 5.74) is 0.893. The van der Waals surface area contributed by atoms with Crippen LogP contribution in [0.15, 0.2) is 24.3 Å².